The van der Waals surface area contributed by atoms with E-state index in [-0.39, 0.29) is 0 Å². The average molecular weight is 158 g/mol. The lowest BCUT2D eigenvalue weighted by molar-refractivity contribution is -0.911. The number of piperazine rings is 1. The van der Waals surface area contributed by atoms with Crippen molar-refractivity contribution in [3.05, 3.63) is 0 Å². The van der Waals surface area contributed by atoms with E-state index < -0.39 is 0 Å². The van der Waals surface area contributed by atoms with E-state index in [4.69, 9.17) is 5.73 Å². The van der Waals surface area contributed by atoms with Gasteiger partial charge in [-0.1, -0.05) is 0 Å². The van der Waals surface area contributed by atoms with Crippen molar-refractivity contribution in [1.82, 2.24) is 5.32 Å². The smallest absolute Gasteiger partial charge is 0.0911 e. The minimum Gasteiger partial charge on any atom is -0.330 e. The Kier molecular flexibility index (Phi) is 3.30. The second kappa shape index (κ2) is 4.04. The molecule has 0 amide bonds. The number of nitrogens with two attached hydrogens (primary N) is 1. The summed E-state index contributed by atoms with van der Waals surface area (Å²) in [5.74, 6) is 0. The van der Waals surface area contributed by atoms with Gasteiger partial charge in [0.05, 0.1) is 26.7 Å². The molecular formula is C8H20N3+. The summed E-state index contributed by atoms with van der Waals surface area (Å²) < 4.78 is 1.21. The normalized spacial score (nSPS) is 23.5. The van der Waals surface area contributed by atoms with Gasteiger partial charge in [0.25, 0.3) is 0 Å². The Morgan fingerprint density at radius 2 is 2.00 bits per heavy atom. The molecule has 0 atom stereocenters. The lowest BCUT2D eigenvalue weighted by Crippen LogP contribution is -2.56. The van der Waals surface area contributed by atoms with Crippen molar-refractivity contribution in [3.8, 4) is 0 Å². The summed E-state index contributed by atoms with van der Waals surface area (Å²) in [6.07, 6.45) is 1.16. The first-order valence-electron chi connectivity index (χ1n) is 4.51. The van der Waals surface area contributed by atoms with Crippen LogP contribution in [0.3, 0.4) is 0 Å². The van der Waals surface area contributed by atoms with E-state index in [1.54, 1.807) is 0 Å². The molecule has 0 aromatic carbocycles. The Hall–Kier alpha value is -0.120. The third kappa shape index (κ3) is 2.77. The van der Waals surface area contributed by atoms with Gasteiger partial charge in [-0.05, 0) is 6.54 Å². The fourth-order valence-electron chi connectivity index (χ4n) is 1.63. The quantitative estimate of drug-likeness (QED) is 0.538. The molecule has 3 nitrogen and oxygen atoms in total. The van der Waals surface area contributed by atoms with E-state index >= 15 is 0 Å². The van der Waals surface area contributed by atoms with Gasteiger partial charge in [0, 0.05) is 19.5 Å². The van der Waals surface area contributed by atoms with Gasteiger partial charge in [0.15, 0.2) is 0 Å². The van der Waals surface area contributed by atoms with Crippen LogP contribution in [0.2, 0.25) is 0 Å². The molecule has 0 saturated carbocycles. The summed E-state index contributed by atoms with van der Waals surface area (Å²) in [6, 6.07) is 0. The maximum Gasteiger partial charge on any atom is 0.0911 e. The van der Waals surface area contributed by atoms with Crippen LogP contribution in [0.15, 0.2) is 0 Å². The molecule has 3 N–H and O–H groups in total. The maximum atomic E-state index is 5.48. The molecule has 66 valence electrons. The lowest BCUT2D eigenvalue weighted by atomic mass is 10.2. The number of hydrogen-bond donors (Lipinski definition) is 2. The fourth-order valence-corrected chi connectivity index (χ4v) is 1.63. The molecule has 1 aliphatic rings. The van der Waals surface area contributed by atoms with Crippen molar-refractivity contribution in [3.63, 3.8) is 0 Å². The van der Waals surface area contributed by atoms with Crippen LogP contribution >= 0.6 is 0 Å². The Morgan fingerprint density at radius 1 is 1.36 bits per heavy atom. The summed E-state index contributed by atoms with van der Waals surface area (Å²) in [4.78, 5) is 0. The first-order valence-corrected chi connectivity index (χ1v) is 4.51. The van der Waals surface area contributed by atoms with Crippen LogP contribution in [0.1, 0.15) is 6.42 Å². The largest absolute Gasteiger partial charge is 0.330 e. The van der Waals surface area contributed by atoms with E-state index in [2.05, 4.69) is 12.4 Å². The predicted octanol–water partition coefficient (Wildman–Crippen LogP) is -0.615. The molecule has 0 radical (unpaired) electrons. The maximum absolute atomic E-state index is 5.48. The number of nitrogens with zero attached hydrogens (tertiary/aromatic N) is 1. The van der Waals surface area contributed by atoms with Crippen molar-refractivity contribution in [2.45, 2.75) is 6.42 Å². The van der Waals surface area contributed by atoms with Crippen LogP contribution in [0, 0.1) is 0 Å². The zero-order valence-electron chi connectivity index (χ0n) is 7.47. The highest BCUT2D eigenvalue weighted by Gasteiger charge is 2.22. The topological polar surface area (TPSA) is 38.0 Å². The Bertz CT molecular complexity index is 108. The van der Waals surface area contributed by atoms with E-state index in [1.807, 2.05) is 0 Å². The summed E-state index contributed by atoms with van der Waals surface area (Å²) in [7, 11) is 2.33. The summed E-state index contributed by atoms with van der Waals surface area (Å²) in [5, 5.41) is 3.37. The minimum atomic E-state index is 0.835. The Morgan fingerprint density at radius 3 is 2.55 bits per heavy atom. The van der Waals surface area contributed by atoms with E-state index in [0.29, 0.717) is 0 Å². The molecule has 1 saturated heterocycles. The van der Waals surface area contributed by atoms with Crippen LogP contribution in [0.5, 0.6) is 0 Å². The van der Waals surface area contributed by atoms with E-state index in [1.165, 1.54) is 37.2 Å². The zero-order valence-corrected chi connectivity index (χ0v) is 7.47. The van der Waals surface area contributed by atoms with Crippen LogP contribution in [0.4, 0.5) is 0 Å². The molecule has 11 heavy (non-hydrogen) atoms. The summed E-state index contributed by atoms with van der Waals surface area (Å²) in [5.41, 5.74) is 5.48. The van der Waals surface area contributed by atoms with Gasteiger partial charge in [0.1, 0.15) is 0 Å². The molecule has 0 unspecified atom stereocenters. The molecule has 0 aliphatic carbocycles. The molecule has 0 aromatic heterocycles. The summed E-state index contributed by atoms with van der Waals surface area (Å²) in [6.45, 7) is 6.95. The molecule has 0 aromatic rings. The molecule has 1 aliphatic heterocycles. The van der Waals surface area contributed by atoms with Crippen LogP contribution in [-0.4, -0.2) is 50.8 Å². The number of hydrogen-bond acceptors (Lipinski definition) is 2. The molecule has 1 rings (SSSR count). The van der Waals surface area contributed by atoms with Crippen molar-refractivity contribution in [1.29, 1.82) is 0 Å². The summed E-state index contributed by atoms with van der Waals surface area (Å²) >= 11 is 0. The van der Waals surface area contributed by atoms with Crippen LogP contribution in [0.25, 0.3) is 0 Å². The number of rotatable bonds is 3. The lowest BCUT2D eigenvalue weighted by Gasteiger charge is -2.38. The molecule has 0 bridgehead atoms. The van der Waals surface area contributed by atoms with Crippen LogP contribution < -0.4 is 11.1 Å². The minimum absolute atomic E-state index is 0.835. The first-order chi connectivity index (χ1) is 5.27. The number of quaternary nitrogens is 1. The molecule has 1 heterocycles. The Balaban J connectivity index is 2.25. The molecule has 1 fully saturated rings. The molecular weight excluding hydrogens is 138 g/mol. The highest BCUT2D eigenvalue weighted by molar-refractivity contribution is 4.55. The second-order valence-electron chi connectivity index (χ2n) is 3.68. The SMILES string of the molecule is C[N+]1(CCCN)CCNCC1. The van der Waals surface area contributed by atoms with Gasteiger partial charge < -0.3 is 15.5 Å². The van der Waals surface area contributed by atoms with E-state index in [0.717, 1.165) is 13.0 Å². The highest BCUT2D eigenvalue weighted by Crippen LogP contribution is 2.04. The van der Waals surface area contributed by atoms with Gasteiger partial charge in [0.2, 0.25) is 0 Å². The van der Waals surface area contributed by atoms with Crippen LogP contribution in [-0.2, 0) is 0 Å². The number of nitrogens with one attached hydrogen (secondary N) is 1. The number of likely N-dealkylation sites (N-methyl/N-ethyl adjacent to an activating group) is 1. The monoisotopic (exact) mass is 158 g/mol. The predicted molar refractivity (Wildman–Crippen MR) is 47.3 cm³/mol. The second-order valence-corrected chi connectivity index (χ2v) is 3.68. The molecule has 3 heteroatoms. The van der Waals surface area contributed by atoms with Gasteiger partial charge in [-0.2, -0.15) is 0 Å². The highest BCUT2D eigenvalue weighted by atomic mass is 15.4. The Labute approximate surface area is 69.1 Å². The van der Waals surface area contributed by atoms with E-state index in [9.17, 15) is 0 Å². The third-order valence-electron chi connectivity index (χ3n) is 2.56. The molecule has 0 spiro atoms. The van der Waals surface area contributed by atoms with Crippen molar-refractivity contribution in [2.24, 2.45) is 5.73 Å². The fraction of sp³-hybridized carbons (Fsp3) is 1.00. The van der Waals surface area contributed by atoms with Crippen molar-refractivity contribution in [2.75, 3.05) is 46.3 Å². The first kappa shape index (κ1) is 8.97. The third-order valence-corrected chi connectivity index (χ3v) is 2.56. The standard InChI is InChI=1S/C8H20N3/c1-11(6-2-3-9)7-4-10-5-8-11/h10H,2-9H2,1H3/q+1. The van der Waals surface area contributed by atoms with Crippen molar-refractivity contribution < 1.29 is 4.48 Å². The zero-order chi connectivity index (χ0) is 8.16. The van der Waals surface area contributed by atoms with Gasteiger partial charge in [-0.25, -0.2) is 0 Å². The average Bonchev–Trinajstić information content (AvgIpc) is 2.03. The van der Waals surface area contributed by atoms with Gasteiger partial charge in [-0.3, -0.25) is 0 Å². The van der Waals surface area contributed by atoms with Crippen molar-refractivity contribution >= 4 is 0 Å². The van der Waals surface area contributed by atoms with Gasteiger partial charge >= 0.3 is 0 Å². The van der Waals surface area contributed by atoms with Gasteiger partial charge in [-0.15, -0.1) is 0 Å².